The molecule has 2 N–H and O–H groups in total. The van der Waals surface area contributed by atoms with E-state index in [4.69, 9.17) is 19.9 Å². The minimum Gasteiger partial charge on any atom is -0.462 e. The van der Waals surface area contributed by atoms with E-state index in [2.05, 4.69) is 19.9 Å². The Kier molecular flexibility index (Phi) is 6.18. The predicted octanol–water partition coefficient (Wildman–Crippen LogP) is 5.47. The lowest BCUT2D eigenvalue weighted by Gasteiger charge is -2.43. The number of thiophene rings is 1. The molecule has 2 aliphatic carbocycles. The zero-order chi connectivity index (χ0) is 27.5. The molecule has 1 aromatic carbocycles. The van der Waals surface area contributed by atoms with Gasteiger partial charge in [0.05, 0.1) is 29.7 Å². The van der Waals surface area contributed by atoms with Gasteiger partial charge in [0.2, 0.25) is 6.79 Å². The summed E-state index contributed by atoms with van der Waals surface area (Å²) in [5.74, 6) is 0.397. The predicted molar refractivity (Wildman–Crippen MR) is 147 cm³/mol. The third kappa shape index (κ3) is 4.09. The van der Waals surface area contributed by atoms with Gasteiger partial charge in [0, 0.05) is 22.6 Å². The molecule has 0 amide bonds. The Morgan fingerprint density at radius 3 is 2.77 bits per heavy atom. The molecule has 0 fully saturated rings. The molecule has 202 valence electrons. The van der Waals surface area contributed by atoms with Gasteiger partial charge in [-0.1, -0.05) is 19.9 Å². The second-order valence-electron chi connectivity index (χ2n) is 11.2. The molecule has 39 heavy (non-hydrogen) atoms. The highest BCUT2D eigenvalue weighted by Crippen LogP contribution is 2.53. The molecular formula is C30H31N3O5S. The molecule has 4 aliphatic rings. The highest BCUT2D eigenvalue weighted by atomic mass is 32.1. The standard InChI is InChI=1S/C30H31N3O5S/c1-4-36-29(35)25-17-7-5-6-8-23(17)39-28(25)33-19-12-30(2,3)13-20(34)26(19)24(18(14-31)27(33)32)16-9-10-21-22(11-16)38-15-37-21/h9-11,24H,4-8,12-13,15,32H2,1-3H3/t24-/m0/s1. The van der Waals surface area contributed by atoms with Crippen LogP contribution in [0.4, 0.5) is 5.00 Å². The van der Waals surface area contributed by atoms with Crippen molar-refractivity contribution in [2.45, 2.75) is 65.2 Å². The quantitative estimate of drug-likeness (QED) is 0.503. The first-order chi connectivity index (χ1) is 18.7. The number of allylic oxidation sites excluding steroid dienone is 3. The minimum atomic E-state index is -0.639. The van der Waals surface area contributed by atoms with Crippen molar-refractivity contribution in [3.63, 3.8) is 0 Å². The second kappa shape index (κ2) is 9.45. The zero-order valence-corrected chi connectivity index (χ0v) is 23.2. The largest absolute Gasteiger partial charge is 0.462 e. The van der Waals surface area contributed by atoms with Gasteiger partial charge in [-0.25, -0.2) is 4.79 Å². The summed E-state index contributed by atoms with van der Waals surface area (Å²) >= 11 is 1.53. The van der Waals surface area contributed by atoms with E-state index in [0.717, 1.165) is 47.4 Å². The number of rotatable bonds is 4. The number of carbonyl (C=O) groups excluding carboxylic acids is 2. The summed E-state index contributed by atoms with van der Waals surface area (Å²) in [6, 6.07) is 7.82. The summed E-state index contributed by atoms with van der Waals surface area (Å²) in [4.78, 5) is 30.3. The van der Waals surface area contributed by atoms with Gasteiger partial charge < -0.3 is 19.9 Å². The van der Waals surface area contributed by atoms with Gasteiger partial charge in [-0.3, -0.25) is 9.69 Å². The average Bonchev–Trinajstić information content (AvgIpc) is 3.51. The van der Waals surface area contributed by atoms with Crippen LogP contribution in [0.2, 0.25) is 0 Å². The average molecular weight is 546 g/mol. The molecule has 8 nitrogen and oxygen atoms in total. The molecule has 1 atom stereocenters. The molecule has 1 aromatic heterocycles. The number of carbonyl (C=O) groups is 2. The van der Waals surface area contributed by atoms with Crippen LogP contribution in [0.25, 0.3) is 0 Å². The number of esters is 1. The normalized spacial score (nSPS) is 21.4. The minimum absolute atomic E-state index is 0.0202. The number of hydrogen-bond acceptors (Lipinski definition) is 9. The van der Waals surface area contributed by atoms with Gasteiger partial charge in [0.1, 0.15) is 10.8 Å². The summed E-state index contributed by atoms with van der Waals surface area (Å²) in [6.45, 7) is 6.30. The van der Waals surface area contributed by atoms with E-state index in [-0.39, 0.29) is 42.0 Å². The molecule has 0 spiro atoms. The summed E-state index contributed by atoms with van der Waals surface area (Å²) < 4.78 is 16.6. The van der Waals surface area contributed by atoms with Crippen LogP contribution in [0.5, 0.6) is 11.5 Å². The highest BCUT2D eigenvalue weighted by molar-refractivity contribution is 7.16. The Bertz CT molecular complexity index is 1510. The lowest BCUT2D eigenvalue weighted by Crippen LogP contribution is -2.42. The van der Waals surface area contributed by atoms with E-state index >= 15 is 0 Å². The highest BCUT2D eigenvalue weighted by Gasteiger charge is 2.46. The van der Waals surface area contributed by atoms with E-state index in [1.165, 1.54) is 11.3 Å². The van der Waals surface area contributed by atoms with Gasteiger partial charge in [0.25, 0.3) is 0 Å². The maximum atomic E-state index is 13.9. The van der Waals surface area contributed by atoms with E-state index in [1.54, 1.807) is 13.0 Å². The first kappa shape index (κ1) is 25.5. The van der Waals surface area contributed by atoms with Crippen LogP contribution in [-0.4, -0.2) is 25.2 Å². The summed E-state index contributed by atoms with van der Waals surface area (Å²) in [5, 5.41) is 11.1. The van der Waals surface area contributed by atoms with E-state index in [0.29, 0.717) is 40.5 Å². The Balaban J connectivity index is 1.60. The number of aryl methyl sites for hydroxylation is 1. The molecule has 3 heterocycles. The Morgan fingerprint density at radius 1 is 1.23 bits per heavy atom. The van der Waals surface area contributed by atoms with E-state index in [1.807, 2.05) is 17.0 Å². The van der Waals surface area contributed by atoms with Crippen LogP contribution in [-0.2, 0) is 22.4 Å². The molecule has 9 heteroatoms. The number of nitrogens with zero attached hydrogens (tertiary/aromatic N) is 2. The Labute approximate surface area is 231 Å². The first-order valence-corrected chi connectivity index (χ1v) is 14.2. The number of fused-ring (bicyclic) bond motifs is 2. The van der Waals surface area contributed by atoms with Gasteiger partial charge >= 0.3 is 5.97 Å². The van der Waals surface area contributed by atoms with Crippen LogP contribution in [0.15, 0.2) is 40.9 Å². The van der Waals surface area contributed by atoms with Crippen molar-refractivity contribution in [1.82, 2.24) is 0 Å². The van der Waals surface area contributed by atoms with E-state index < -0.39 is 5.92 Å². The third-order valence-corrected chi connectivity index (χ3v) is 9.22. The smallest absolute Gasteiger partial charge is 0.341 e. The maximum absolute atomic E-state index is 13.9. The number of hydrogen-bond donors (Lipinski definition) is 1. The molecule has 0 radical (unpaired) electrons. The van der Waals surface area contributed by atoms with Crippen molar-refractivity contribution in [3.8, 4) is 17.6 Å². The van der Waals surface area contributed by atoms with Crippen molar-refractivity contribution in [3.05, 3.63) is 62.4 Å². The van der Waals surface area contributed by atoms with Crippen molar-refractivity contribution in [2.24, 2.45) is 11.1 Å². The Morgan fingerprint density at radius 2 is 2.00 bits per heavy atom. The number of nitrogens with two attached hydrogens (primary N) is 1. The van der Waals surface area contributed by atoms with Crippen LogP contribution in [0, 0.1) is 16.7 Å². The van der Waals surface area contributed by atoms with Gasteiger partial charge in [-0.2, -0.15) is 5.26 Å². The third-order valence-electron chi connectivity index (χ3n) is 7.95. The molecule has 0 saturated heterocycles. The van der Waals surface area contributed by atoms with E-state index in [9.17, 15) is 14.9 Å². The van der Waals surface area contributed by atoms with Crippen molar-refractivity contribution >= 4 is 28.1 Å². The van der Waals surface area contributed by atoms with Gasteiger partial charge in [-0.05, 0) is 67.7 Å². The number of nitriles is 1. The summed E-state index contributed by atoms with van der Waals surface area (Å²) in [5.41, 5.74) is 10.4. The number of ether oxygens (including phenoxy) is 3. The van der Waals surface area contributed by atoms with Crippen LogP contribution >= 0.6 is 11.3 Å². The summed E-state index contributed by atoms with van der Waals surface area (Å²) in [6.07, 6.45) is 4.64. The SMILES string of the molecule is CCOC(=O)c1c(N2C(N)=C(C#N)[C@H](c3ccc4c(c3)OCO4)C3=C2CC(C)(C)CC3=O)sc2c1CCCC2. The van der Waals surface area contributed by atoms with Crippen molar-refractivity contribution in [1.29, 1.82) is 5.26 Å². The first-order valence-electron chi connectivity index (χ1n) is 13.4. The fourth-order valence-electron chi connectivity index (χ4n) is 6.29. The number of benzene rings is 1. The lowest BCUT2D eigenvalue weighted by molar-refractivity contribution is -0.118. The number of anilines is 1. The van der Waals surface area contributed by atoms with Gasteiger partial charge in [-0.15, -0.1) is 11.3 Å². The van der Waals surface area contributed by atoms with Gasteiger partial charge in [0.15, 0.2) is 17.3 Å². The zero-order valence-electron chi connectivity index (χ0n) is 22.4. The second-order valence-corrected chi connectivity index (χ2v) is 12.3. The summed E-state index contributed by atoms with van der Waals surface area (Å²) in [7, 11) is 0. The molecule has 6 rings (SSSR count). The monoisotopic (exact) mass is 545 g/mol. The topological polar surface area (TPSA) is 115 Å². The van der Waals surface area contributed by atoms with Crippen molar-refractivity contribution in [2.75, 3.05) is 18.3 Å². The molecule has 0 saturated carbocycles. The molecular weight excluding hydrogens is 514 g/mol. The Hall–Kier alpha value is -3.77. The molecule has 2 aliphatic heterocycles. The van der Waals surface area contributed by atoms with Crippen LogP contribution in [0.1, 0.15) is 78.7 Å². The molecule has 2 aromatic rings. The number of ketones is 1. The number of Topliss-reactive ketones (excluding diaryl/α,β-unsaturated/α-hetero) is 1. The lowest BCUT2D eigenvalue weighted by atomic mass is 9.68. The van der Waals surface area contributed by atoms with Crippen LogP contribution < -0.4 is 20.1 Å². The fraction of sp³-hybridized carbons (Fsp3) is 0.433. The molecule has 0 unspecified atom stereocenters. The van der Waals surface area contributed by atoms with Crippen molar-refractivity contribution < 1.29 is 23.8 Å². The molecule has 0 bridgehead atoms. The fourth-order valence-corrected chi connectivity index (χ4v) is 7.71. The van der Waals surface area contributed by atoms with Crippen LogP contribution in [0.3, 0.4) is 0 Å². The maximum Gasteiger partial charge on any atom is 0.341 e.